The monoisotopic (exact) mass is 386 g/mol. The van der Waals surface area contributed by atoms with E-state index >= 15 is 0 Å². The molecule has 0 radical (unpaired) electrons. The molecule has 2 fully saturated rings. The Balaban J connectivity index is 1.24. The smallest absolute Gasteiger partial charge is 0.235 e. The van der Waals surface area contributed by atoms with Crippen LogP contribution in [0.4, 0.5) is 5.69 Å². The van der Waals surface area contributed by atoms with Gasteiger partial charge in [-0.15, -0.1) is 0 Å². The van der Waals surface area contributed by atoms with Crippen LogP contribution < -0.4 is 9.64 Å². The lowest BCUT2D eigenvalue weighted by molar-refractivity contribution is 0.250. The molecule has 1 aliphatic heterocycles. The van der Waals surface area contributed by atoms with Crippen molar-refractivity contribution in [3.8, 4) is 17.6 Å². The Hall–Kier alpha value is -3.40. The maximum Gasteiger partial charge on any atom is 0.235 e. The van der Waals surface area contributed by atoms with Crippen molar-refractivity contribution < 1.29 is 4.74 Å². The second-order valence-corrected chi connectivity index (χ2v) is 7.72. The van der Waals surface area contributed by atoms with Crippen LogP contribution in [0.1, 0.15) is 36.6 Å². The van der Waals surface area contributed by atoms with Gasteiger partial charge in [-0.25, -0.2) is 9.67 Å². The summed E-state index contributed by atoms with van der Waals surface area (Å²) < 4.78 is 7.85. The van der Waals surface area contributed by atoms with Gasteiger partial charge >= 0.3 is 0 Å². The average molecular weight is 386 g/mol. The van der Waals surface area contributed by atoms with Crippen LogP contribution in [0.3, 0.4) is 0 Å². The lowest BCUT2D eigenvalue weighted by Crippen LogP contribution is -2.22. The van der Waals surface area contributed by atoms with E-state index in [0.29, 0.717) is 29.9 Å². The summed E-state index contributed by atoms with van der Waals surface area (Å²) in [5.74, 6) is 2.08. The summed E-state index contributed by atoms with van der Waals surface area (Å²) in [7, 11) is 0. The Morgan fingerprint density at radius 3 is 2.86 bits per heavy atom. The molecule has 0 N–H and O–H groups in total. The number of hydrogen-bond donors (Lipinski definition) is 0. The van der Waals surface area contributed by atoms with Crippen LogP contribution in [-0.2, 0) is 0 Å². The van der Waals surface area contributed by atoms with Crippen LogP contribution >= 0.6 is 0 Å². The van der Waals surface area contributed by atoms with Gasteiger partial charge in [-0.2, -0.15) is 15.3 Å². The van der Waals surface area contributed by atoms with Crippen LogP contribution in [-0.4, -0.2) is 39.4 Å². The van der Waals surface area contributed by atoms with Crippen LogP contribution in [0.15, 0.2) is 48.9 Å². The molecule has 7 nitrogen and oxygen atoms in total. The van der Waals surface area contributed by atoms with Crippen LogP contribution in [0.5, 0.6) is 5.88 Å². The largest absolute Gasteiger partial charge is 0.476 e. The predicted octanol–water partition coefficient (Wildman–Crippen LogP) is 3.32. The first-order chi connectivity index (χ1) is 14.3. The third kappa shape index (κ3) is 3.79. The highest BCUT2D eigenvalue weighted by molar-refractivity contribution is 5.53. The number of ether oxygens (including phenoxy) is 1. The summed E-state index contributed by atoms with van der Waals surface area (Å²) in [6.45, 7) is 2.47. The van der Waals surface area contributed by atoms with Crippen LogP contribution in [0.25, 0.3) is 5.69 Å². The molecule has 0 amide bonds. The Labute approximate surface area is 169 Å². The Bertz CT molecular complexity index is 1040. The summed E-state index contributed by atoms with van der Waals surface area (Å²) >= 11 is 0. The van der Waals surface area contributed by atoms with Crippen molar-refractivity contribution in [2.75, 3.05) is 24.6 Å². The highest BCUT2D eigenvalue weighted by Crippen LogP contribution is 2.38. The molecule has 1 atom stereocenters. The standard InChI is InChI=1S/C22H22N6O/c23-12-18-13-24-21(17-5-6-17)26-22(18)29-15-16-7-10-27(14-16)19-3-1-4-20(11-19)28-9-2-8-25-28/h1-4,8-9,11,13,16-17H,5-7,10,14-15H2. The van der Waals surface area contributed by atoms with Gasteiger partial charge in [-0.3, -0.25) is 0 Å². The normalized spacial score (nSPS) is 18.6. The second-order valence-electron chi connectivity index (χ2n) is 7.72. The minimum absolute atomic E-state index is 0.397. The van der Waals surface area contributed by atoms with E-state index in [1.54, 1.807) is 12.4 Å². The van der Waals surface area contributed by atoms with Crippen LogP contribution in [0.2, 0.25) is 0 Å². The van der Waals surface area contributed by atoms with Gasteiger partial charge < -0.3 is 9.64 Å². The van der Waals surface area contributed by atoms with Crippen molar-refractivity contribution in [2.45, 2.75) is 25.2 Å². The zero-order chi connectivity index (χ0) is 19.6. The molecule has 3 aromatic rings. The summed E-state index contributed by atoms with van der Waals surface area (Å²) in [4.78, 5) is 11.2. The van der Waals surface area contributed by atoms with Crippen molar-refractivity contribution in [3.63, 3.8) is 0 Å². The minimum Gasteiger partial charge on any atom is -0.476 e. The maximum absolute atomic E-state index is 9.33. The molecule has 146 valence electrons. The predicted molar refractivity (Wildman–Crippen MR) is 108 cm³/mol. The number of aromatic nitrogens is 4. The van der Waals surface area contributed by atoms with Gasteiger partial charge in [-0.1, -0.05) is 6.07 Å². The SMILES string of the molecule is N#Cc1cnc(C2CC2)nc1OCC1CCN(c2cccc(-n3cccn3)c2)C1. The summed E-state index contributed by atoms with van der Waals surface area (Å²) in [6.07, 6.45) is 8.63. The lowest BCUT2D eigenvalue weighted by atomic mass is 10.1. The van der Waals surface area contributed by atoms with Crippen LogP contribution in [0, 0.1) is 17.2 Å². The molecule has 1 aliphatic carbocycles. The van der Waals surface area contributed by atoms with E-state index < -0.39 is 0 Å². The summed E-state index contributed by atoms with van der Waals surface area (Å²) in [5, 5.41) is 13.6. The van der Waals surface area contributed by atoms with E-state index in [-0.39, 0.29) is 0 Å². The third-order valence-corrected chi connectivity index (χ3v) is 5.54. The number of rotatable bonds is 6. The fraction of sp³-hybridized carbons (Fsp3) is 0.364. The van der Waals surface area contributed by atoms with E-state index in [1.165, 1.54) is 5.69 Å². The van der Waals surface area contributed by atoms with Gasteiger partial charge in [-0.05, 0) is 43.5 Å². The molecule has 2 aromatic heterocycles. The average Bonchev–Trinajstić information content (AvgIpc) is 3.26. The van der Waals surface area contributed by atoms with Gasteiger partial charge in [0, 0.05) is 43.0 Å². The van der Waals surface area contributed by atoms with Crippen molar-refractivity contribution in [2.24, 2.45) is 5.92 Å². The van der Waals surface area contributed by atoms with Crippen molar-refractivity contribution in [3.05, 3.63) is 60.3 Å². The van der Waals surface area contributed by atoms with Gasteiger partial charge in [0.05, 0.1) is 18.5 Å². The highest BCUT2D eigenvalue weighted by Gasteiger charge is 2.28. The van der Waals surface area contributed by atoms with E-state index in [1.807, 2.05) is 16.9 Å². The molecule has 2 aliphatic rings. The first kappa shape index (κ1) is 17.7. The van der Waals surface area contributed by atoms with E-state index in [9.17, 15) is 5.26 Å². The number of nitrogens with zero attached hydrogens (tertiary/aromatic N) is 6. The molecule has 1 aromatic carbocycles. The quantitative estimate of drug-likeness (QED) is 0.647. The lowest BCUT2D eigenvalue weighted by Gasteiger charge is -2.19. The van der Waals surface area contributed by atoms with E-state index in [0.717, 1.165) is 43.9 Å². The second kappa shape index (κ2) is 7.55. The first-order valence-electron chi connectivity index (χ1n) is 10.0. The van der Waals surface area contributed by atoms with E-state index in [4.69, 9.17) is 4.74 Å². The first-order valence-corrected chi connectivity index (χ1v) is 10.0. The van der Waals surface area contributed by atoms with Gasteiger partial charge in [0.15, 0.2) is 0 Å². The fourth-order valence-electron chi connectivity index (χ4n) is 3.76. The number of anilines is 1. The fourth-order valence-corrected chi connectivity index (χ4v) is 3.76. The minimum atomic E-state index is 0.397. The number of hydrogen-bond acceptors (Lipinski definition) is 6. The molecular weight excluding hydrogens is 364 g/mol. The molecule has 0 spiro atoms. The summed E-state index contributed by atoms with van der Waals surface area (Å²) in [5.41, 5.74) is 2.66. The molecular formula is C22H22N6O. The molecule has 3 heterocycles. The number of benzene rings is 1. The van der Waals surface area contributed by atoms with Gasteiger partial charge in [0.2, 0.25) is 5.88 Å². The van der Waals surface area contributed by atoms with E-state index in [2.05, 4.69) is 50.3 Å². The molecule has 29 heavy (non-hydrogen) atoms. The maximum atomic E-state index is 9.33. The third-order valence-electron chi connectivity index (χ3n) is 5.54. The molecule has 5 rings (SSSR count). The molecule has 1 saturated carbocycles. The molecule has 1 unspecified atom stereocenters. The Morgan fingerprint density at radius 1 is 1.17 bits per heavy atom. The Morgan fingerprint density at radius 2 is 2.07 bits per heavy atom. The van der Waals surface area contributed by atoms with Gasteiger partial charge in [0.1, 0.15) is 17.5 Å². The topological polar surface area (TPSA) is 79.9 Å². The zero-order valence-electron chi connectivity index (χ0n) is 16.1. The highest BCUT2D eigenvalue weighted by atomic mass is 16.5. The number of nitriles is 1. The van der Waals surface area contributed by atoms with Crippen molar-refractivity contribution in [1.29, 1.82) is 5.26 Å². The molecule has 1 saturated heterocycles. The summed E-state index contributed by atoms with van der Waals surface area (Å²) in [6, 6.07) is 12.5. The van der Waals surface area contributed by atoms with Crippen molar-refractivity contribution in [1.82, 2.24) is 19.7 Å². The zero-order valence-corrected chi connectivity index (χ0v) is 16.1. The van der Waals surface area contributed by atoms with Crippen molar-refractivity contribution >= 4 is 5.69 Å². The Kier molecular flexibility index (Phi) is 4.60. The molecule has 7 heteroatoms. The van der Waals surface area contributed by atoms with Gasteiger partial charge in [0.25, 0.3) is 0 Å². The molecule has 0 bridgehead atoms.